The highest BCUT2D eigenvalue weighted by Gasteiger charge is 2.22. The van der Waals surface area contributed by atoms with E-state index in [0.717, 1.165) is 16.7 Å². The lowest BCUT2D eigenvalue weighted by Gasteiger charge is -2.14. The quantitative estimate of drug-likeness (QED) is 0.746. The highest BCUT2D eigenvalue weighted by molar-refractivity contribution is 6.22. The Morgan fingerprint density at radius 2 is 1.32 bits per heavy atom. The maximum atomic E-state index is 12.5. The molecule has 0 aromatic heterocycles. The summed E-state index contributed by atoms with van der Waals surface area (Å²) in [5.41, 5.74) is 4.89. The van der Waals surface area contributed by atoms with Gasteiger partial charge in [0.15, 0.2) is 11.6 Å². The summed E-state index contributed by atoms with van der Waals surface area (Å²) in [6, 6.07) is 20.2. The average Bonchev–Trinajstić information content (AvgIpc) is 2.66. The number of rotatable bonds is 4. The zero-order valence-electron chi connectivity index (χ0n) is 14.5. The van der Waals surface area contributed by atoms with Crippen molar-refractivity contribution in [1.29, 1.82) is 0 Å². The van der Waals surface area contributed by atoms with Crippen molar-refractivity contribution in [3.05, 3.63) is 101 Å². The number of ketones is 2. The van der Waals surface area contributed by atoms with Crippen LogP contribution in [0.1, 0.15) is 31.4 Å². The van der Waals surface area contributed by atoms with Crippen LogP contribution >= 0.6 is 0 Å². The molecule has 0 heterocycles. The van der Waals surface area contributed by atoms with Gasteiger partial charge < -0.3 is 0 Å². The maximum Gasteiger partial charge on any atom is 0.185 e. The molecular weight excluding hydrogens is 308 g/mol. The molecule has 2 heteroatoms. The van der Waals surface area contributed by atoms with Crippen molar-refractivity contribution in [2.45, 2.75) is 20.3 Å². The molecule has 0 radical (unpaired) electrons. The third kappa shape index (κ3) is 3.58. The van der Waals surface area contributed by atoms with Crippen LogP contribution in [0.25, 0.3) is 5.57 Å². The molecule has 0 spiro atoms. The molecule has 25 heavy (non-hydrogen) atoms. The molecule has 2 aromatic carbocycles. The van der Waals surface area contributed by atoms with Gasteiger partial charge in [0.05, 0.1) is 0 Å². The smallest absolute Gasteiger partial charge is 0.185 e. The molecular formula is C23H20O2. The minimum Gasteiger partial charge on any atom is -0.290 e. The zero-order chi connectivity index (χ0) is 17.8. The van der Waals surface area contributed by atoms with Crippen LogP contribution in [0.2, 0.25) is 0 Å². The number of allylic oxidation sites excluding steroid dienone is 5. The standard InChI is InChI=1S/C23H20O2/c1-16-17(2)23(25)20(15-22(16)24)13-14-21(18-9-5-3-6-10-18)19-11-7-4-8-12-19/h3-12,14-15H,13H2,1-2H3. The van der Waals surface area contributed by atoms with E-state index in [0.29, 0.717) is 23.1 Å². The number of hydrogen-bond acceptors (Lipinski definition) is 2. The van der Waals surface area contributed by atoms with Gasteiger partial charge in [-0.1, -0.05) is 66.7 Å². The van der Waals surface area contributed by atoms with Gasteiger partial charge in [-0.3, -0.25) is 9.59 Å². The number of benzene rings is 2. The van der Waals surface area contributed by atoms with Crippen LogP contribution in [-0.2, 0) is 9.59 Å². The Morgan fingerprint density at radius 1 is 0.800 bits per heavy atom. The van der Waals surface area contributed by atoms with E-state index in [-0.39, 0.29) is 11.6 Å². The van der Waals surface area contributed by atoms with E-state index >= 15 is 0 Å². The fourth-order valence-electron chi connectivity index (χ4n) is 2.93. The predicted octanol–water partition coefficient (Wildman–Crippen LogP) is 4.92. The van der Waals surface area contributed by atoms with Gasteiger partial charge in [-0.05, 0) is 43.0 Å². The highest BCUT2D eigenvalue weighted by atomic mass is 16.1. The third-order valence-corrected chi connectivity index (χ3v) is 4.57. The summed E-state index contributed by atoms with van der Waals surface area (Å²) >= 11 is 0. The summed E-state index contributed by atoms with van der Waals surface area (Å²) in [4.78, 5) is 24.5. The molecule has 3 rings (SSSR count). The Balaban J connectivity index is 1.97. The van der Waals surface area contributed by atoms with Crippen molar-refractivity contribution in [2.75, 3.05) is 0 Å². The fourth-order valence-corrected chi connectivity index (χ4v) is 2.93. The second kappa shape index (κ2) is 7.27. The summed E-state index contributed by atoms with van der Waals surface area (Å²) in [6.45, 7) is 3.43. The van der Waals surface area contributed by atoms with E-state index in [2.05, 4.69) is 24.3 Å². The summed E-state index contributed by atoms with van der Waals surface area (Å²) in [5, 5.41) is 0. The molecule has 0 saturated carbocycles. The number of hydrogen-bond donors (Lipinski definition) is 0. The minimum atomic E-state index is -0.0681. The van der Waals surface area contributed by atoms with Crippen molar-refractivity contribution in [1.82, 2.24) is 0 Å². The molecule has 124 valence electrons. The lowest BCUT2D eigenvalue weighted by atomic mass is 9.88. The van der Waals surface area contributed by atoms with Gasteiger partial charge in [0, 0.05) is 16.7 Å². The molecule has 0 unspecified atom stereocenters. The topological polar surface area (TPSA) is 34.1 Å². The van der Waals surface area contributed by atoms with Gasteiger partial charge in [-0.2, -0.15) is 0 Å². The van der Waals surface area contributed by atoms with E-state index in [1.807, 2.05) is 42.5 Å². The van der Waals surface area contributed by atoms with Crippen LogP contribution in [0.5, 0.6) is 0 Å². The number of carbonyl (C=O) groups excluding carboxylic acids is 2. The largest absolute Gasteiger partial charge is 0.290 e. The zero-order valence-corrected chi connectivity index (χ0v) is 14.5. The van der Waals surface area contributed by atoms with Crippen molar-refractivity contribution < 1.29 is 9.59 Å². The van der Waals surface area contributed by atoms with E-state index in [1.165, 1.54) is 6.08 Å². The van der Waals surface area contributed by atoms with Crippen LogP contribution in [-0.4, -0.2) is 11.6 Å². The summed E-state index contributed by atoms with van der Waals surface area (Å²) in [7, 11) is 0. The molecule has 0 aliphatic heterocycles. The van der Waals surface area contributed by atoms with Crippen molar-refractivity contribution >= 4 is 17.1 Å². The van der Waals surface area contributed by atoms with Crippen LogP contribution in [0.4, 0.5) is 0 Å². The van der Waals surface area contributed by atoms with Gasteiger partial charge >= 0.3 is 0 Å². The van der Waals surface area contributed by atoms with Crippen LogP contribution in [0.15, 0.2) is 89.5 Å². The van der Waals surface area contributed by atoms with Gasteiger partial charge in [-0.15, -0.1) is 0 Å². The van der Waals surface area contributed by atoms with E-state index in [4.69, 9.17) is 0 Å². The lowest BCUT2D eigenvalue weighted by Crippen LogP contribution is -2.16. The first-order valence-corrected chi connectivity index (χ1v) is 8.36. The van der Waals surface area contributed by atoms with E-state index in [9.17, 15) is 9.59 Å². The van der Waals surface area contributed by atoms with Crippen LogP contribution < -0.4 is 0 Å². The molecule has 2 nitrogen and oxygen atoms in total. The molecule has 1 aliphatic carbocycles. The number of carbonyl (C=O) groups is 2. The summed E-state index contributed by atoms with van der Waals surface area (Å²) < 4.78 is 0. The molecule has 1 aliphatic rings. The molecule has 0 atom stereocenters. The summed E-state index contributed by atoms with van der Waals surface area (Å²) in [6.07, 6.45) is 3.96. The Hall–Kier alpha value is -3.00. The van der Waals surface area contributed by atoms with Crippen molar-refractivity contribution in [3.63, 3.8) is 0 Å². The molecule has 2 aromatic rings. The average molecular weight is 328 g/mol. The second-order valence-corrected chi connectivity index (χ2v) is 6.17. The monoisotopic (exact) mass is 328 g/mol. The Labute approximate surface area is 148 Å². The summed E-state index contributed by atoms with van der Waals surface area (Å²) in [5.74, 6) is -0.102. The first kappa shape index (κ1) is 16.8. The van der Waals surface area contributed by atoms with Crippen molar-refractivity contribution in [2.24, 2.45) is 0 Å². The SMILES string of the molecule is CC1=C(C)C(=O)C(CC=C(c2ccccc2)c2ccccc2)=CC1=O. The molecule has 0 N–H and O–H groups in total. The van der Waals surface area contributed by atoms with E-state index in [1.54, 1.807) is 13.8 Å². The molecule has 0 bridgehead atoms. The van der Waals surface area contributed by atoms with Gasteiger partial charge in [-0.25, -0.2) is 0 Å². The molecule has 0 amide bonds. The fraction of sp³-hybridized carbons (Fsp3) is 0.130. The van der Waals surface area contributed by atoms with Crippen LogP contribution in [0.3, 0.4) is 0 Å². The van der Waals surface area contributed by atoms with Crippen LogP contribution in [0, 0.1) is 0 Å². The Kier molecular flexibility index (Phi) is 4.90. The highest BCUT2D eigenvalue weighted by Crippen LogP contribution is 2.27. The normalized spacial score (nSPS) is 14.4. The van der Waals surface area contributed by atoms with Gasteiger partial charge in [0.2, 0.25) is 0 Å². The number of Topliss-reactive ketones (excluding diaryl/α,β-unsaturated/α-hetero) is 1. The Morgan fingerprint density at radius 3 is 1.84 bits per heavy atom. The second-order valence-electron chi connectivity index (χ2n) is 6.17. The van der Waals surface area contributed by atoms with Gasteiger partial charge in [0.25, 0.3) is 0 Å². The predicted molar refractivity (Wildman–Crippen MR) is 101 cm³/mol. The van der Waals surface area contributed by atoms with Gasteiger partial charge in [0.1, 0.15) is 0 Å². The van der Waals surface area contributed by atoms with E-state index < -0.39 is 0 Å². The third-order valence-electron chi connectivity index (χ3n) is 4.57. The minimum absolute atomic E-state index is 0.0335. The Bertz CT molecular complexity index is 856. The maximum absolute atomic E-state index is 12.5. The molecule has 0 fully saturated rings. The van der Waals surface area contributed by atoms with Crippen molar-refractivity contribution in [3.8, 4) is 0 Å². The first-order chi connectivity index (χ1) is 12.1. The lowest BCUT2D eigenvalue weighted by molar-refractivity contribution is -0.115. The first-order valence-electron chi connectivity index (χ1n) is 8.36. The molecule has 0 saturated heterocycles.